The summed E-state index contributed by atoms with van der Waals surface area (Å²) >= 11 is 0. The highest BCUT2D eigenvalue weighted by molar-refractivity contribution is 5.71. The largest absolute Gasteiger partial charge is 0.462 e. The number of carbonyl (C=O) groups excluding carboxylic acids is 3. The van der Waals surface area contributed by atoms with Crippen molar-refractivity contribution in [3.63, 3.8) is 0 Å². The molecule has 0 aromatic rings. The minimum atomic E-state index is -0.770. The van der Waals surface area contributed by atoms with Gasteiger partial charge in [-0.15, -0.1) is 0 Å². The van der Waals surface area contributed by atoms with E-state index in [1.54, 1.807) is 0 Å². The molecule has 0 rings (SSSR count). The van der Waals surface area contributed by atoms with Gasteiger partial charge in [0, 0.05) is 19.3 Å². The lowest BCUT2D eigenvalue weighted by atomic mass is 10.0. The fourth-order valence-electron chi connectivity index (χ4n) is 10.6. The fourth-order valence-corrected chi connectivity index (χ4v) is 10.6. The van der Waals surface area contributed by atoms with E-state index in [4.69, 9.17) is 14.2 Å². The summed E-state index contributed by atoms with van der Waals surface area (Å²) < 4.78 is 17.0. The van der Waals surface area contributed by atoms with Crippen LogP contribution in [0, 0.1) is 0 Å². The number of allylic oxidation sites excluding steroid dienone is 6. The standard InChI is InChI=1S/C72H134O6/c1-4-7-10-13-16-19-22-25-27-29-31-32-33-34-35-36-37-38-39-40-42-43-45-47-50-53-56-59-62-65-71(74)77-68-69(67-76-70(73)64-61-58-55-52-49-24-21-18-15-12-9-6-3)78-72(75)66-63-60-57-54-51-48-46-44-41-30-28-26-23-20-17-14-11-8-5-2/h22,25-26,28-29,31,69H,4-21,23-24,27,30,32-68H2,1-3H3/b25-22-,28-26-,31-29-. The zero-order valence-corrected chi connectivity index (χ0v) is 52.7. The summed E-state index contributed by atoms with van der Waals surface area (Å²) in [5.74, 6) is -0.842. The molecular weight excluding hydrogens is 961 g/mol. The van der Waals surface area contributed by atoms with Gasteiger partial charge in [-0.2, -0.15) is 0 Å². The zero-order valence-electron chi connectivity index (χ0n) is 52.7. The Balaban J connectivity index is 4.17. The van der Waals surface area contributed by atoms with E-state index < -0.39 is 6.10 Å². The molecule has 0 aliphatic carbocycles. The molecule has 0 bridgehead atoms. The molecule has 6 nitrogen and oxygen atoms in total. The van der Waals surface area contributed by atoms with Crippen molar-refractivity contribution in [2.24, 2.45) is 0 Å². The van der Waals surface area contributed by atoms with Crippen LogP contribution >= 0.6 is 0 Å². The Morgan fingerprint density at radius 1 is 0.256 bits per heavy atom. The lowest BCUT2D eigenvalue weighted by Crippen LogP contribution is -2.30. The number of hydrogen-bond acceptors (Lipinski definition) is 6. The van der Waals surface area contributed by atoms with Crippen LogP contribution in [0.2, 0.25) is 0 Å². The van der Waals surface area contributed by atoms with E-state index in [0.717, 1.165) is 64.2 Å². The maximum absolute atomic E-state index is 12.9. The van der Waals surface area contributed by atoms with Crippen LogP contribution in [-0.2, 0) is 28.6 Å². The summed E-state index contributed by atoms with van der Waals surface area (Å²) in [6.45, 7) is 6.69. The summed E-state index contributed by atoms with van der Waals surface area (Å²) in [6, 6.07) is 0. The highest BCUT2D eigenvalue weighted by Crippen LogP contribution is 2.18. The number of ether oxygens (including phenoxy) is 3. The molecule has 0 aliphatic rings. The number of hydrogen-bond donors (Lipinski definition) is 0. The average Bonchev–Trinajstić information content (AvgIpc) is 3.44. The highest BCUT2D eigenvalue weighted by atomic mass is 16.6. The van der Waals surface area contributed by atoms with Crippen molar-refractivity contribution in [1.29, 1.82) is 0 Å². The first-order chi connectivity index (χ1) is 38.5. The van der Waals surface area contributed by atoms with Crippen molar-refractivity contribution in [2.45, 2.75) is 393 Å². The third kappa shape index (κ3) is 64.5. The third-order valence-electron chi connectivity index (χ3n) is 15.9. The van der Waals surface area contributed by atoms with Crippen LogP contribution in [0.5, 0.6) is 0 Å². The van der Waals surface area contributed by atoms with Crippen molar-refractivity contribution >= 4 is 17.9 Å². The summed E-state index contributed by atoms with van der Waals surface area (Å²) in [5.41, 5.74) is 0. The molecule has 0 spiro atoms. The number of unbranched alkanes of at least 4 members (excludes halogenated alkanes) is 48. The van der Waals surface area contributed by atoms with Gasteiger partial charge in [-0.3, -0.25) is 14.4 Å². The molecule has 6 heteroatoms. The molecule has 1 atom stereocenters. The molecule has 0 saturated heterocycles. The molecule has 0 amide bonds. The van der Waals surface area contributed by atoms with Crippen LogP contribution in [0.15, 0.2) is 36.5 Å². The van der Waals surface area contributed by atoms with Crippen molar-refractivity contribution < 1.29 is 28.6 Å². The van der Waals surface area contributed by atoms with Crippen LogP contribution in [0.4, 0.5) is 0 Å². The Bertz CT molecular complexity index is 1300. The number of esters is 3. The lowest BCUT2D eigenvalue weighted by molar-refractivity contribution is -0.167. The van der Waals surface area contributed by atoms with Gasteiger partial charge in [-0.25, -0.2) is 0 Å². The van der Waals surface area contributed by atoms with Gasteiger partial charge in [0.2, 0.25) is 0 Å². The molecular formula is C72H134O6. The molecule has 0 aromatic carbocycles. The Labute approximate surface area is 486 Å². The van der Waals surface area contributed by atoms with Crippen molar-refractivity contribution in [2.75, 3.05) is 13.2 Å². The topological polar surface area (TPSA) is 78.9 Å². The van der Waals surface area contributed by atoms with E-state index in [9.17, 15) is 14.4 Å². The number of rotatable bonds is 65. The highest BCUT2D eigenvalue weighted by Gasteiger charge is 2.19. The molecule has 78 heavy (non-hydrogen) atoms. The fraction of sp³-hybridized carbons (Fsp3) is 0.875. The second kappa shape index (κ2) is 67.1. The summed E-state index contributed by atoms with van der Waals surface area (Å²) in [6.07, 6.45) is 83.2. The smallest absolute Gasteiger partial charge is 0.306 e. The third-order valence-corrected chi connectivity index (χ3v) is 15.9. The monoisotopic (exact) mass is 1100 g/mol. The molecule has 0 heterocycles. The van der Waals surface area contributed by atoms with Gasteiger partial charge >= 0.3 is 17.9 Å². The van der Waals surface area contributed by atoms with Gasteiger partial charge in [0.15, 0.2) is 6.10 Å². The van der Waals surface area contributed by atoms with Gasteiger partial charge in [0.1, 0.15) is 13.2 Å². The average molecular weight is 1100 g/mol. The van der Waals surface area contributed by atoms with Crippen molar-refractivity contribution in [3.05, 3.63) is 36.5 Å². The first-order valence-corrected chi connectivity index (χ1v) is 35.0. The van der Waals surface area contributed by atoms with Gasteiger partial charge in [0.25, 0.3) is 0 Å². The molecule has 0 aliphatic heterocycles. The summed E-state index contributed by atoms with van der Waals surface area (Å²) in [7, 11) is 0. The second-order valence-electron chi connectivity index (χ2n) is 23.8. The Hall–Kier alpha value is -2.37. The molecule has 458 valence electrons. The van der Waals surface area contributed by atoms with E-state index in [2.05, 4.69) is 57.2 Å². The second-order valence-corrected chi connectivity index (χ2v) is 23.8. The molecule has 1 unspecified atom stereocenters. The van der Waals surface area contributed by atoms with Crippen molar-refractivity contribution in [1.82, 2.24) is 0 Å². The van der Waals surface area contributed by atoms with Gasteiger partial charge in [0.05, 0.1) is 0 Å². The summed E-state index contributed by atoms with van der Waals surface area (Å²) in [4.78, 5) is 38.4. The maximum atomic E-state index is 12.9. The predicted octanol–water partition coefficient (Wildman–Crippen LogP) is 23.9. The van der Waals surface area contributed by atoms with E-state index in [0.29, 0.717) is 19.3 Å². The molecule has 0 radical (unpaired) electrons. The quantitative estimate of drug-likeness (QED) is 0.0261. The minimum Gasteiger partial charge on any atom is -0.462 e. The number of carbonyl (C=O) groups is 3. The normalized spacial score (nSPS) is 12.2. The van der Waals surface area contributed by atoms with Crippen LogP contribution in [0.3, 0.4) is 0 Å². The van der Waals surface area contributed by atoms with E-state index in [1.165, 1.54) is 283 Å². The minimum absolute atomic E-state index is 0.0671. The zero-order chi connectivity index (χ0) is 56.4. The lowest BCUT2D eigenvalue weighted by Gasteiger charge is -2.18. The first-order valence-electron chi connectivity index (χ1n) is 35.0. The van der Waals surface area contributed by atoms with Crippen LogP contribution < -0.4 is 0 Å². The van der Waals surface area contributed by atoms with E-state index in [-0.39, 0.29) is 31.1 Å². The molecule has 0 aromatic heterocycles. The Morgan fingerprint density at radius 2 is 0.462 bits per heavy atom. The molecule has 0 fully saturated rings. The van der Waals surface area contributed by atoms with E-state index in [1.807, 2.05) is 0 Å². The van der Waals surface area contributed by atoms with Crippen LogP contribution in [-0.4, -0.2) is 37.2 Å². The Morgan fingerprint density at radius 3 is 0.718 bits per heavy atom. The Kier molecular flexibility index (Phi) is 65.1. The molecule has 0 N–H and O–H groups in total. The van der Waals surface area contributed by atoms with Gasteiger partial charge < -0.3 is 14.2 Å². The van der Waals surface area contributed by atoms with Gasteiger partial charge in [-0.1, -0.05) is 327 Å². The maximum Gasteiger partial charge on any atom is 0.306 e. The van der Waals surface area contributed by atoms with Crippen LogP contribution in [0.25, 0.3) is 0 Å². The van der Waals surface area contributed by atoms with Gasteiger partial charge in [-0.05, 0) is 77.0 Å². The summed E-state index contributed by atoms with van der Waals surface area (Å²) in [5, 5.41) is 0. The molecule has 0 saturated carbocycles. The van der Waals surface area contributed by atoms with Crippen LogP contribution in [0.1, 0.15) is 387 Å². The predicted molar refractivity (Wildman–Crippen MR) is 339 cm³/mol. The SMILES string of the molecule is CCCCCCC/C=C\C/C=C\CCCCCCCCCCCCCCCCCCCC(=O)OCC(COC(=O)CCCCCCCCCCCCCC)OC(=O)CCCCCCCCCCC/C=C\CCCCCCCC. The first kappa shape index (κ1) is 75.6. The van der Waals surface area contributed by atoms with E-state index >= 15 is 0 Å². The van der Waals surface area contributed by atoms with Crippen molar-refractivity contribution in [3.8, 4) is 0 Å².